The third kappa shape index (κ3) is 6.00. The van der Waals surface area contributed by atoms with Gasteiger partial charge in [0, 0.05) is 12.8 Å². The predicted molar refractivity (Wildman–Crippen MR) is 69.2 cm³/mol. The summed E-state index contributed by atoms with van der Waals surface area (Å²) >= 11 is 0. The molecule has 0 unspecified atom stereocenters. The molecule has 96 valence electrons. The van der Waals surface area contributed by atoms with Crippen LogP contribution in [0.25, 0.3) is 0 Å². The van der Waals surface area contributed by atoms with E-state index >= 15 is 0 Å². The van der Waals surface area contributed by atoms with E-state index in [0.717, 1.165) is 6.16 Å². The van der Waals surface area contributed by atoms with Gasteiger partial charge < -0.3 is 21.7 Å². The average Bonchev–Trinajstić information content (AvgIpc) is 2.24. The normalized spacial score (nSPS) is 10.5. The van der Waals surface area contributed by atoms with Gasteiger partial charge in [0.25, 0.3) is 0 Å². The van der Waals surface area contributed by atoms with E-state index < -0.39 is 7.26 Å². The van der Waals surface area contributed by atoms with E-state index in [1.165, 1.54) is 18.5 Å². The fraction of sp³-hybridized carbons (Fsp3) is 0.750. The van der Waals surface area contributed by atoms with E-state index in [0.29, 0.717) is 12.2 Å². The monoisotopic (exact) mass is 310 g/mol. The van der Waals surface area contributed by atoms with Crippen LogP contribution in [-0.2, 0) is 9.53 Å². The fourth-order valence-corrected chi connectivity index (χ4v) is 4.37. The number of halogens is 1. The van der Waals surface area contributed by atoms with Crippen molar-refractivity contribution in [3.8, 4) is 0 Å². The Morgan fingerprint density at radius 2 is 1.62 bits per heavy atom. The van der Waals surface area contributed by atoms with Crippen molar-refractivity contribution in [3.05, 3.63) is 12.2 Å². The van der Waals surface area contributed by atoms with E-state index in [1.807, 2.05) is 0 Å². The van der Waals surface area contributed by atoms with Crippen molar-refractivity contribution in [2.75, 3.05) is 31.3 Å². The minimum atomic E-state index is -0.832. The van der Waals surface area contributed by atoms with Gasteiger partial charge in [0.05, 0.1) is 24.6 Å². The second-order valence-corrected chi connectivity index (χ2v) is 8.96. The number of rotatable bonds is 7. The molecule has 0 aliphatic rings. The third-order valence-corrected chi connectivity index (χ3v) is 8.32. The van der Waals surface area contributed by atoms with Crippen LogP contribution >= 0.6 is 7.26 Å². The van der Waals surface area contributed by atoms with Crippen LogP contribution in [0.1, 0.15) is 27.7 Å². The van der Waals surface area contributed by atoms with Crippen molar-refractivity contribution in [3.63, 3.8) is 0 Å². The largest absolute Gasteiger partial charge is 1.00 e. The Morgan fingerprint density at radius 3 is 1.94 bits per heavy atom. The minimum Gasteiger partial charge on any atom is -1.00 e. The summed E-state index contributed by atoms with van der Waals surface area (Å²) in [7, 11) is -0.832. The zero-order valence-corrected chi connectivity index (χ0v) is 13.4. The molecule has 0 spiro atoms. The van der Waals surface area contributed by atoms with E-state index in [9.17, 15) is 4.79 Å². The highest BCUT2D eigenvalue weighted by molar-refractivity contribution is 7.75. The van der Waals surface area contributed by atoms with Crippen molar-refractivity contribution in [2.45, 2.75) is 27.7 Å². The molecule has 0 aliphatic heterocycles. The Hall–Kier alpha value is 0.120. The minimum absolute atomic E-state index is 0. The molecule has 0 radical (unpaired) electrons. The summed E-state index contributed by atoms with van der Waals surface area (Å²) in [6.45, 7) is 12.6. The van der Waals surface area contributed by atoms with Gasteiger partial charge in [-0.1, -0.05) is 6.58 Å². The van der Waals surface area contributed by atoms with Gasteiger partial charge in [-0.2, -0.15) is 0 Å². The molecule has 0 N–H and O–H groups in total. The second kappa shape index (κ2) is 9.18. The Balaban J connectivity index is 0. The molecule has 0 aromatic heterocycles. The average molecular weight is 311 g/mol. The molecule has 0 heterocycles. The number of hydrogen-bond acceptors (Lipinski definition) is 2. The smallest absolute Gasteiger partial charge is 0.333 e. The molecule has 0 atom stereocenters. The summed E-state index contributed by atoms with van der Waals surface area (Å²) in [5.74, 6) is -0.253. The molecular formula is C12H24BrO2P. The molecule has 16 heavy (non-hydrogen) atoms. The summed E-state index contributed by atoms with van der Waals surface area (Å²) in [6.07, 6.45) is 4.83. The standard InChI is InChI=1S/C12H24O2P.BrH/c1-6-15(7-2,8-3)10-9-14-12(13)11(4)5;/h4,6-10H2,1-3,5H3;1H/q+1;/p-1. The van der Waals surface area contributed by atoms with Crippen LogP contribution in [0.3, 0.4) is 0 Å². The van der Waals surface area contributed by atoms with Crippen molar-refractivity contribution in [1.29, 1.82) is 0 Å². The van der Waals surface area contributed by atoms with E-state index in [4.69, 9.17) is 4.74 Å². The lowest BCUT2D eigenvalue weighted by atomic mass is 10.4. The maximum absolute atomic E-state index is 11.2. The predicted octanol–water partition coefficient (Wildman–Crippen LogP) is 0.187. The van der Waals surface area contributed by atoms with Gasteiger partial charge in [0.15, 0.2) is 0 Å². The number of esters is 1. The fourth-order valence-electron chi connectivity index (χ4n) is 1.60. The highest BCUT2D eigenvalue weighted by atomic mass is 79.9. The summed E-state index contributed by atoms with van der Waals surface area (Å²) in [5.41, 5.74) is 0.489. The molecule has 0 fully saturated rings. The van der Waals surface area contributed by atoms with Gasteiger partial charge in [-0.05, 0) is 27.7 Å². The molecule has 0 rings (SSSR count). The first kappa shape index (κ1) is 18.5. The van der Waals surface area contributed by atoms with Crippen molar-refractivity contribution in [1.82, 2.24) is 0 Å². The third-order valence-electron chi connectivity index (χ3n) is 3.16. The molecule has 2 nitrogen and oxygen atoms in total. The topological polar surface area (TPSA) is 26.3 Å². The van der Waals surface area contributed by atoms with Gasteiger partial charge in [0.1, 0.15) is 6.61 Å². The number of carbonyl (C=O) groups excluding carboxylic acids is 1. The Labute approximate surface area is 111 Å². The molecule has 0 saturated heterocycles. The highest BCUT2D eigenvalue weighted by Crippen LogP contribution is 2.57. The first-order valence-corrected chi connectivity index (χ1v) is 8.22. The lowest BCUT2D eigenvalue weighted by Crippen LogP contribution is -3.00. The van der Waals surface area contributed by atoms with Gasteiger partial charge in [0.2, 0.25) is 0 Å². The van der Waals surface area contributed by atoms with Crippen molar-refractivity contribution >= 4 is 13.2 Å². The first-order chi connectivity index (χ1) is 7.01. The van der Waals surface area contributed by atoms with Gasteiger partial charge in [-0.3, -0.25) is 0 Å². The summed E-state index contributed by atoms with van der Waals surface area (Å²) in [5, 5.41) is 0. The summed E-state index contributed by atoms with van der Waals surface area (Å²) < 4.78 is 5.15. The molecule has 0 aliphatic carbocycles. The van der Waals surface area contributed by atoms with Crippen LogP contribution < -0.4 is 17.0 Å². The summed E-state index contributed by atoms with van der Waals surface area (Å²) in [4.78, 5) is 11.2. The van der Waals surface area contributed by atoms with Gasteiger partial charge >= 0.3 is 5.97 Å². The number of ether oxygens (including phenoxy) is 1. The van der Waals surface area contributed by atoms with E-state index in [2.05, 4.69) is 27.4 Å². The highest BCUT2D eigenvalue weighted by Gasteiger charge is 2.30. The molecular weight excluding hydrogens is 287 g/mol. The van der Waals surface area contributed by atoms with Crippen molar-refractivity contribution < 1.29 is 26.5 Å². The maximum Gasteiger partial charge on any atom is 0.333 e. The Morgan fingerprint density at radius 1 is 1.19 bits per heavy atom. The zero-order chi connectivity index (χ0) is 11.9. The van der Waals surface area contributed by atoms with Crippen LogP contribution in [0.4, 0.5) is 0 Å². The van der Waals surface area contributed by atoms with Crippen LogP contribution in [0.15, 0.2) is 12.2 Å². The first-order valence-electron chi connectivity index (χ1n) is 5.69. The van der Waals surface area contributed by atoms with Gasteiger partial charge in [-0.15, -0.1) is 0 Å². The lowest BCUT2D eigenvalue weighted by molar-refractivity contribution is -0.138. The summed E-state index contributed by atoms with van der Waals surface area (Å²) in [6, 6.07) is 0. The van der Waals surface area contributed by atoms with E-state index in [-0.39, 0.29) is 23.0 Å². The molecule has 0 aromatic rings. The van der Waals surface area contributed by atoms with Crippen LogP contribution in [0.5, 0.6) is 0 Å². The Kier molecular flexibility index (Phi) is 10.6. The van der Waals surface area contributed by atoms with Crippen LogP contribution in [0, 0.1) is 0 Å². The Bertz CT molecular complexity index is 217. The molecule has 0 saturated carbocycles. The molecule has 4 heteroatoms. The van der Waals surface area contributed by atoms with Crippen molar-refractivity contribution in [2.24, 2.45) is 0 Å². The number of carbonyl (C=O) groups is 1. The van der Waals surface area contributed by atoms with Crippen LogP contribution in [-0.4, -0.2) is 37.2 Å². The SMILES string of the molecule is C=C(C)C(=O)OCC[P+](CC)(CC)CC.[Br-]. The maximum atomic E-state index is 11.2. The second-order valence-electron chi connectivity index (χ2n) is 3.93. The van der Waals surface area contributed by atoms with E-state index in [1.54, 1.807) is 6.92 Å². The molecule has 0 aromatic carbocycles. The molecule has 0 amide bonds. The van der Waals surface area contributed by atoms with Crippen LogP contribution in [0.2, 0.25) is 0 Å². The number of hydrogen-bond donors (Lipinski definition) is 0. The zero-order valence-electron chi connectivity index (χ0n) is 10.9. The quantitative estimate of drug-likeness (QED) is 0.381. The molecule has 0 bridgehead atoms. The van der Waals surface area contributed by atoms with Gasteiger partial charge in [-0.25, -0.2) is 4.79 Å². The lowest BCUT2D eigenvalue weighted by Gasteiger charge is -2.23.